The van der Waals surface area contributed by atoms with Gasteiger partial charge in [0.15, 0.2) is 5.82 Å². The average Bonchev–Trinajstić information content (AvgIpc) is 1.80. The minimum atomic E-state index is -1.07. The Kier molecular flexibility index (Phi) is 3.42. The molecule has 0 spiro atoms. The van der Waals surface area contributed by atoms with Gasteiger partial charge >= 0.3 is 0 Å². The van der Waals surface area contributed by atoms with Gasteiger partial charge in [0.05, 0.1) is 0 Å². The van der Waals surface area contributed by atoms with Crippen LogP contribution in [0.3, 0.4) is 0 Å². The first-order chi connectivity index (χ1) is 4.20. The van der Waals surface area contributed by atoms with Gasteiger partial charge in [-0.05, 0) is 22.0 Å². The lowest BCUT2D eigenvalue weighted by molar-refractivity contribution is 0.478. The Balaban J connectivity index is 0.000000810. The van der Waals surface area contributed by atoms with Crippen LogP contribution >= 0.6 is 15.9 Å². The van der Waals surface area contributed by atoms with Crippen molar-refractivity contribution in [1.29, 1.82) is 0 Å². The van der Waals surface area contributed by atoms with Gasteiger partial charge in [-0.15, -0.1) is 0 Å². The minimum Gasteiger partial charge on any atom is -0.225 e. The van der Waals surface area contributed by atoms with Crippen LogP contribution in [0.5, 0.6) is 0 Å². The summed E-state index contributed by atoms with van der Waals surface area (Å²) in [5, 5.41) is 0. The lowest BCUT2D eigenvalue weighted by Crippen LogP contribution is -1.86. The van der Waals surface area contributed by atoms with E-state index in [9.17, 15) is 8.78 Å². The average molecular weight is 210 g/mol. The van der Waals surface area contributed by atoms with Crippen molar-refractivity contribution in [2.75, 3.05) is 0 Å². The molecule has 0 saturated heterocycles. The van der Waals surface area contributed by atoms with Gasteiger partial charge in [0.1, 0.15) is 0 Å². The molecule has 1 nitrogen and oxygen atoms in total. The van der Waals surface area contributed by atoms with Crippen molar-refractivity contribution in [3.05, 3.63) is 28.5 Å². The molecule has 1 heterocycles. The molecule has 0 aliphatic rings. The van der Waals surface area contributed by atoms with E-state index in [1.54, 1.807) is 0 Å². The summed E-state index contributed by atoms with van der Waals surface area (Å²) in [6.45, 7) is 0. The number of hydrogen-bond donors (Lipinski definition) is 0. The Morgan fingerprint density at radius 3 is 2.40 bits per heavy atom. The molecule has 0 amide bonds. The van der Waals surface area contributed by atoms with Crippen LogP contribution in [0.2, 0.25) is 0 Å². The van der Waals surface area contributed by atoms with E-state index in [0.29, 0.717) is 4.47 Å². The lowest BCUT2D eigenvalue weighted by Gasteiger charge is -1.89. The fourth-order valence-corrected chi connectivity index (χ4v) is 0.701. The quantitative estimate of drug-likeness (QED) is 0.600. The van der Waals surface area contributed by atoms with Crippen LogP contribution in [0.25, 0.3) is 0 Å². The van der Waals surface area contributed by atoms with E-state index in [1.165, 1.54) is 6.20 Å². The topological polar surface area (TPSA) is 12.9 Å². The van der Waals surface area contributed by atoms with E-state index < -0.39 is 11.8 Å². The van der Waals surface area contributed by atoms with Gasteiger partial charge < -0.3 is 0 Å². The molecule has 0 aliphatic carbocycles. The molecule has 0 saturated carbocycles. The summed E-state index contributed by atoms with van der Waals surface area (Å²) in [6.07, 6.45) is 1.19. The molecule has 0 unspecified atom stereocenters. The maximum Gasteiger partial charge on any atom is 0.248 e. The van der Waals surface area contributed by atoms with Gasteiger partial charge in [-0.2, -0.15) is 4.39 Å². The van der Waals surface area contributed by atoms with Crippen molar-refractivity contribution in [2.24, 2.45) is 0 Å². The van der Waals surface area contributed by atoms with Gasteiger partial charge in [-0.25, -0.2) is 9.37 Å². The third-order valence-corrected chi connectivity index (χ3v) is 1.20. The largest absolute Gasteiger partial charge is 0.248 e. The van der Waals surface area contributed by atoms with Gasteiger partial charge in [0.2, 0.25) is 5.95 Å². The van der Waals surface area contributed by atoms with Crippen LogP contribution in [-0.2, 0) is 0 Å². The van der Waals surface area contributed by atoms with Crippen LogP contribution < -0.4 is 0 Å². The molecule has 0 aliphatic heterocycles. The molecule has 1 aromatic heterocycles. The molecule has 0 bridgehead atoms. The Morgan fingerprint density at radius 1 is 1.40 bits per heavy atom. The van der Waals surface area contributed by atoms with Gasteiger partial charge in [0.25, 0.3) is 0 Å². The zero-order valence-electron chi connectivity index (χ0n) is 4.24. The van der Waals surface area contributed by atoms with Crippen molar-refractivity contribution in [3.8, 4) is 0 Å². The second kappa shape index (κ2) is 3.61. The van der Waals surface area contributed by atoms with Crippen molar-refractivity contribution in [1.82, 2.24) is 4.98 Å². The minimum absolute atomic E-state index is 0. The number of aromatic nitrogens is 1. The molecule has 0 fully saturated rings. The van der Waals surface area contributed by atoms with E-state index >= 15 is 0 Å². The van der Waals surface area contributed by atoms with E-state index in [4.69, 9.17) is 0 Å². The van der Waals surface area contributed by atoms with Crippen LogP contribution in [0.15, 0.2) is 16.7 Å². The normalized spacial score (nSPS) is 8.70. The molecule has 10 heavy (non-hydrogen) atoms. The standard InChI is InChI=1S/C5H2BrF2N.CH4/c6-3-1-4(7)5(8)9-2-3;/h1-2H;1H4. The molecule has 1 rings (SSSR count). The molecule has 0 radical (unpaired) electrons. The maximum absolute atomic E-state index is 12.1. The first-order valence-corrected chi connectivity index (χ1v) is 2.96. The highest BCUT2D eigenvalue weighted by Crippen LogP contribution is 2.10. The van der Waals surface area contributed by atoms with Crippen LogP contribution in [0, 0.1) is 11.8 Å². The first-order valence-electron chi connectivity index (χ1n) is 2.16. The Morgan fingerprint density at radius 2 is 2.00 bits per heavy atom. The zero-order valence-corrected chi connectivity index (χ0v) is 5.82. The van der Waals surface area contributed by atoms with Gasteiger partial charge in [-0.3, -0.25) is 0 Å². The summed E-state index contributed by atoms with van der Waals surface area (Å²) in [4.78, 5) is 3.09. The number of rotatable bonds is 0. The van der Waals surface area contributed by atoms with E-state index in [2.05, 4.69) is 20.9 Å². The third-order valence-electron chi connectivity index (χ3n) is 0.763. The molecular formula is C6H6BrF2N. The summed E-state index contributed by atoms with van der Waals surface area (Å²) in [7, 11) is 0. The molecular weight excluding hydrogens is 204 g/mol. The number of nitrogens with zero attached hydrogens (tertiary/aromatic N) is 1. The lowest BCUT2D eigenvalue weighted by atomic mass is 10.5. The monoisotopic (exact) mass is 209 g/mol. The van der Waals surface area contributed by atoms with E-state index in [-0.39, 0.29) is 7.43 Å². The summed E-state index contributed by atoms with van der Waals surface area (Å²) in [6, 6.07) is 1.02. The second-order valence-electron chi connectivity index (χ2n) is 1.43. The maximum atomic E-state index is 12.1. The molecule has 1 aromatic rings. The second-order valence-corrected chi connectivity index (χ2v) is 2.34. The molecule has 0 N–H and O–H groups in total. The fraction of sp³-hybridized carbons (Fsp3) is 0.167. The fourth-order valence-electron chi connectivity index (χ4n) is 0.398. The van der Waals surface area contributed by atoms with Crippen LogP contribution in [0.4, 0.5) is 8.78 Å². The highest BCUT2D eigenvalue weighted by Gasteiger charge is 2.00. The highest BCUT2D eigenvalue weighted by molar-refractivity contribution is 9.10. The smallest absolute Gasteiger partial charge is 0.225 e. The summed E-state index contributed by atoms with van der Waals surface area (Å²) in [5.74, 6) is -2.01. The predicted octanol–water partition coefficient (Wildman–Crippen LogP) is 2.76. The number of halogens is 3. The Labute approximate surface area is 66.2 Å². The summed E-state index contributed by atoms with van der Waals surface area (Å²) < 4.78 is 24.5. The summed E-state index contributed by atoms with van der Waals surface area (Å²) >= 11 is 2.93. The van der Waals surface area contributed by atoms with Gasteiger partial charge in [0, 0.05) is 10.7 Å². The van der Waals surface area contributed by atoms with Gasteiger partial charge in [-0.1, -0.05) is 7.43 Å². The zero-order chi connectivity index (χ0) is 6.85. The SMILES string of the molecule is C.Fc1cc(Br)cnc1F. The van der Waals surface area contributed by atoms with E-state index in [1.807, 2.05) is 0 Å². The Bertz CT molecular complexity index is 227. The summed E-state index contributed by atoms with van der Waals surface area (Å²) in [5.41, 5.74) is 0. The first kappa shape index (κ1) is 9.49. The van der Waals surface area contributed by atoms with E-state index in [0.717, 1.165) is 6.07 Å². The predicted molar refractivity (Wildman–Crippen MR) is 38.6 cm³/mol. The molecule has 0 aromatic carbocycles. The number of hydrogen-bond acceptors (Lipinski definition) is 1. The van der Waals surface area contributed by atoms with Crippen LogP contribution in [0.1, 0.15) is 7.43 Å². The van der Waals surface area contributed by atoms with Crippen LogP contribution in [-0.4, -0.2) is 4.98 Å². The third kappa shape index (κ3) is 2.02. The van der Waals surface area contributed by atoms with Crippen molar-refractivity contribution in [2.45, 2.75) is 7.43 Å². The highest BCUT2D eigenvalue weighted by atomic mass is 79.9. The number of pyridine rings is 1. The van der Waals surface area contributed by atoms with Crippen molar-refractivity contribution < 1.29 is 8.78 Å². The Hall–Kier alpha value is -0.510. The molecule has 0 atom stereocenters. The molecule has 56 valence electrons. The van der Waals surface area contributed by atoms with Crippen molar-refractivity contribution >= 4 is 15.9 Å². The van der Waals surface area contributed by atoms with Crippen molar-refractivity contribution in [3.63, 3.8) is 0 Å². The molecule has 4 heteroatoms.